The number of fused-ring (bicyclic) bond motifs is 1. The molecule has 0 bridgehead atoms. The number of amides is 2. The first-order valence-corrected chi connectivity index (χ1v) is 9.91. The third kappa shape index (κ3) is 3.11. The summed E-state index contributed by atoms with van der Waals surface area (Å²) in [5.41, 5.74) is 7.30. The van der Waals surface area contributed by atoms with Gasteiger partial charge >= 0.3 is 0 Å². The number of rotatable bonds is 6. The lowest BCUT2D eigenvalue weighted by Gasteiger charge is -2.27. The van der Waals surface area contributed by atoms with Crippen molar-refractivity contribution in [1.29, 1.82) is 0 Å². The Morgan fingerprint density at radius 1 is 1.07 bits per heavy atom. The van der Waals surface area contributed by atoms with Gasteiger partial charge in [-0.3, -0.25) is 20.2 Å². The second-order valence-electron chi connectivity index (χ2n) is 7.62. The number of benzene rings is 2. The van der Waals surface area contributed by atoms with Gasteiger partial charge in [-0.2, -0.15) is 0 Å². The maximum Gasteiger partial charge on any atom is 0.281 e. The molecule has 29 heavy (non-hydrogen) atoms. The lowest BCUT2D eigenvalue weighted by Crippen LogP contribution is -2.59. The molecule has 1 aliphatic heterocycles. The molecule has 7 nitrogen and oxygen atoms in total. The van der Waals surface area contributed by atoms with Crippen LogP contribution in [-0.2, 0) is 10.5 Å². The Bertz CT molecular complexity index is 979. The number of nitrogens with one attached hydrogen (secondary N) is 4. The fraction of sp³-hybridized carbons (Fsp3) is 0.364. The maximum absolute atomic E-state index is 13.0. The summed E-state index contributed by atoms with van der Waals surface area (Å²) in [6.45, 7) is 2.03. The second-order valence-corrected chi connectivity index (χ2v) is 7.62. The lowest BCUT2D eigenvalue weighted by atomic mass is 9.94. The van der Waals surface area contributed by atoms with E-state index >= 15 is 0 Å². The Labute approximate surface area is 170 Å². The highest BCUT2D eigenvalue weighted by Crippen LogP contribution is 2.40. The minimum atomic E-state index is -0.974. The van der Waals surface area contributed by atoms with Crippen LogP contribution in [0.4, 0.5) is 5.69 Å². The van der Waals surface area contributed by atoms with E-state index in [1.165, 1.54) is 0 Å². The van der Waals surface area contributed by atoms with Gasteiger partial charge in [-0.05, 0) is 68.8 Å². The predicted molar refractivity (Wildman–Crippen MR) is 113 cm³/mol. The fourth-order valence-corrected chi connectivity index (χ4v) is 3.99. The van der Waals surface area contributed by atoms with E-state index in [0.717, 1.165) is 40.8 Å². The molecular weight excluding hydrogens is 366 g/mol. The number of hydrogen-bond donors (Lipinski definition) is 4. The zero-order valence-electron chi connectivity index (χ0n) is 17.2. The summed E-state index contributed by atoms with van der Waals surface area (Å²) in [5, 5.41) is 10.8. The van der Waals surface area contributed by atoms with Crippen molar-refractivity contribution in [2.24, 2.45) is 0 Å². The summed E-state index contributed by atoms with van der Waals surface area (Å²) in [7, 11) is 5.25. The number of likely N-dealkylation sites (N-methyl/N-ethyl adjacent to an activating group) is 2. The fourth-order valence-electron chi connectivity index (χ4n) is 3.99. The van der Waals surface area contributed by atoms with Gasteiger partial charge in [0.15, 0.2) is 5.66 Å². The largest absolute Gasteiger partial charge is 0.349 e. The third-order valence-corrected chi connectivity index (χ3v) is 5.86. The molecule has 0 aromatic heterocycles. The standard InChI is InChI=1S/C22H27N5O2/c1-13-5-6-15(20(28)26-16-8-9-16)11-17(13)14-7-10-18-19(12-14)27(25-4)21(29)22(18,23-2)24-3/h5-7,10-12,16,23-25H,8-9H2,1-4H3,(H,26,28). The Morgan fingerprint density at radius 2 is 1.79 bits per heavy atom. The highest BCUT2D eigenvalue weighted by Gasteiger charge is 2.49. The molecule has 2 aromatic rings. The van der Waals surface area contributed by atoms with Crippen molar-refractivity contribution in [3.63, 3.8) is 0 Å². The quantitative estimate of drug-likeness (QED) is 0.561. The minimum Gasteiger partial charge on any atom is -0.349 e. The molecule has 0 radical (unpaired) electrons. The van der Waals surface area contributed by atoms with Crippen LogP contribution in [0.15, 0.2) is 36.4 Å². The number of hydrazine groups is 1. The molecule has 4 rings (SSSR count). The Hall–Kier alpha value is -2.74. The zero-order valence-corrected chi connectivity index (χ0v) is 17.2. The lowest BCUT2D eigenvalue weighted by molar-refractivity contribution is -0.125. The summed E-state index contributed by atoms with van der Waals surface area (Å²) in [6.07, 6.45) is 2.11. The van der Waals surface area contributed by atoms with Crippen LogP contribution in [0.2, 0.25) is 0 Å². The Kier molecular flexibility index (Phi) is 4.90. The number of aryl methyl sites for hydroxylation is 1. The second kappa shape index (κ2) is 7.26. The third-order valence-electron chi connectivity index (χ3n) is 5.86. The summed E-state index contributed by atoms with van der Waals surface area (Å²) in [6, 6.07) is 12.0. The maximum atomic E-state index is 13.0. The van der Waals surface area contributed by atoms with Gasteiger partial charge < -0.3 is 5.32 Å². The molecule has 0 unspecified atom stereocenters. The summed E-state index contributed by atoms with van der Waals surface area (Å²) in [5.74, 6) is -0.155. The molecule has 4 N–H and O–H groups in total. The molecule has 0 atom stereocenters. The van der Waals surface area contributed by atoms with Crippen molar-refractivity contribution in [1.82, 2.24) is 21.4 Å². The number of anilines is 1. The van der Waals surface area contributed by atoms with Gasteiger partial charge in [-0.1, -0.05) is 18.2 Å². The number of nitrogens with zero attached hydrogens (tertiary/aromatic N) is 1. The first-order chi connectivity index (χ1) is 13.9. The molecule has 2 amide bonds. The van der Waals surface area contributed by atoms with Gasteiger partial charge in [-0.25, -0.2) is 10.4 Å². The topological polar surface area (TPSA) is 85.5 Å². The molecule has 7 heteroatoms. The first-order valence-electron chi connectivity index (χ1n) is 9.91. The normalized spacial score (nSPS) is 17.4. The molecule has 1 fully saturated rings. The summed E-state index contributed by atoms with van der Waals surface area (Å²) >= 11 is 0. The van der Waals surface area contributed by atoms with Gasteiger partial charge in [0.25, 0.3) is 11.8 Å². The van der Waals surface area contributed by atoms with E-state index in [1.54, 1.807) is 26.2 Å². The molecule has 152 valence electrons. The molecule has 1 heterocycles. The van der Waals surface area contributed by atoms with Crippen LogP contribution in [0.3, 0.4) is 0 Å². The number of carbonyl (C=O) groups is 2. The van der Waals surface area contributed by atoms with E-state index in [1.807, 2.05) is 43.3 Å². The van der Waals surface area contributed by atoms with Gasteiger partial charge in [0.2, 0.25) is 0 Å². The molecule has 2 aromatic carbocycles. The number of hydrogen-bond acceptors (Lipinski definition) is 5. The summed E-state index contributed by atoms with van der Waals surface area (Å²) < 4.78 is 0. The highest BCUT2D eigenvalue weighted by atomic mass is 16.2. The van der Waals surface area contributed by atoms with Gasteiger partial charge in [0.1, 0.15) is 0 Å². The van der Waals surface area contributed by atoms with Crippen LogP contribution in [0.1, 0.15) is 34.3 Å². The monoisotopic (exact) mass is 393 g/mol. The van der Waals surface area contributed by atoms with Crippen LogP contribution in [-0.4, -0.2) is 39.0 Å². The minimum absolute atomic E-state index is 0.0358. The van der Waals surface area contributed by atoms with E-state index in [9.17, 15) is 9.59 Å². The molecule has 1 aliphatic carbocycles. The summed E-state index contributed by atoms with van der Waals surface area (Å²) in [4.78, 5) is 25.5. The van der Waals surface area contributed by atoms with E-state index in [-0.39, 0.29) is 11.8 Å². The molecule has 2 aliphatic rings. The van der Waals surface area contributed by atoms with Crippen molar-refractivity contribution in [3.8, 4) is 11.1 Å². The Morgan fingerprint density at radius 3 is 2.41 bits per heavy atom. The number of carbonyl (C=O) groups excluding carboxylic acids is 2. The van der Waals surface area contributed by atoms with E-state index in [4.69, 9.17) is 0 Å². The average Bonchev–Trinajstić information content (AvgIpc) is 3.51. The van der Waals surface area contributed by atoms with E-state index in [0.29, 0.717) is 11.6 Å². The van der Waals surface area contributed by atoms with Crippen LogP contribution < -0.4 is 26.4 Å². The van der Waals surface area contributed by atoms with Crippen LogP contribution >= 0.6 is 0 Å². The zero-order chi connectivity index (χ0) is 20.8. The molecular formula is C22H27N5O2. The van der Waals surface area contributed by atoms with Crippen molar-refractivity contribution >= 4 is 17.5 Å². The van der Waals surface area contributed by atoms with Crippen LogP contribution in [0.25, 0.3) is 11.1 Å². The van der Waals surface area contributed by atoms with Crippen LogP contribution in [0.5, 0.6) is 0 Å². The van der Waals surface area contributed by atoms with Crippen molar-refractivity contribution < 1.29 is 9.59 Å². The first kappa shape index (κ1) is 19.6. The predicted octanol–water partition coefficient (Wildman–Crippen LogP) is 1.63. The highest BCUT2D eigenvalue weighted by molar-refractivity contribution is 6.07. The SMILES string of the molecule is CNN1C(=O)C(NC)(NC)c2ccc(-c3cc(C(=O)NC4CC4)ccc3C)cc21. The smallest absolute Gasteiger partial charge is 0.281 e. The van der Waals surface area contributed by atoms with Gasteiger partial charge in [0, 0.05) is 24.2 Å². The molecule has 1 saturated carbocycles. The van der Waals surface area contributed by atoms with Crippen molar-refractivity contribution in [3.05, 3.63) is 53.1 Å². The van der Waals surface area contributed by atoms with Crippen molar-refractivity contribution in [2.75, 3.05) is 26.2 Å². The van der Waals surface area contributed by atoms with Crippen molar-refractivity contribution in [2.45, 2.75) is 31.5 Å². The van der Waals surface area contributed by atoms with E-state index < -0.39 is 5.66 Å². The van der Waals surface area contributed by atoms with Crippen LogP contribution in [0, 0.1) is 6.92 Å². The average molecular weight is 393 g/mol. The molecule has 0 spiro atoms. The van der Waals surface area contributed by atoms with Gasteiger partial charge in [-0.15, -0.1) is 0 Å². The van der Waals surface area contributed by atoms with E-state index in [2.05, 4.69) is 21.4 Å². The van der Waals surface area contributed by atoms with Gasteiger partial charge in [0.05, 0.1) is 5.69 Å². The molecule has 0 saturated heterocycles. The Balaban J connectivity index is 1.77.